The number of amides is 3. The zero-order valence-electron chi connectivity index (χ0n) is 15.2. The summed E-state index contributed by atoms with van der Waals surface area (Å²) in [6.45, 7) is 4.39. The molecule has 0 aromatic heterocycles. The smallest absolute Gasteiger partial charge is 0.243 e. The number of carbonyl (C=O) groups excluding carboxylic acids is 3. The molecule has 7 nitrogen and oxygen atoms in total. The fraction of sp³-hybridized carbons (Fsp3) is 0.722. The first-order valence-electron chi connectivity index (χ1n) is 9.06. The lowest BCUT2D eigenvalue weighted by atomic mass is 9.70. The van der Waals surface area contributed by atoms with E-state index in [0.29, 0.717) is 6.54 Å². The summed E-state index contributed by atoms with van der Waals surface area (Å²) in [5.41, 5.74) is 0. The number of fused-ring (bicyclic) bond motifs is 1. The van der Waals surface area contributed by atoms with Crippen molar-refractivity contribution in [1.29, 1.82) is 0 Å². The Kier molecular flexibility index (Phi) is 6.58. The van der Waals surface area contributed by atoms with Gasteiger partial charge in [0.05, 0.1) is 18.4 Å². The van der Waals surface area contributed by atoms with Crippen LogP contribution in [-0.2, 0) is 14.4 Å². The highest BCUT2D eigenvalue weighted by atomic mass is 16.3. The van der Waals surface area contributed by atoms with Crippen LogP contribution < -0.4 is 10.6 Å². The monoisotopic (exact) mass is 351 g/mol. The van der Waals surface area contributed by atoms with Crippen LogP contribution >= 0.6 is 0 Å². The van der Waals surface area contributed by atoms with E-state index < -0.39 is 17.9 Å². The van der Waals surface area contributed by atoms with Crippen LogP contribution in [0.15, 0.2) is 12.2 Å². The third-order valence-electron chi connectivity index (χ3n) is 5.26. The van der Waals surface area contributed by atoms with Gasteiger partial charge in [-0.3, -0.25) is 14.4 Å². The molecule has 1 aliphatic heterocycles. The zero-order valence-corrected chi connectivity index (χ0v) is 15.2. The number of aliphatic hydroxyl groups is 1. The lowest BCUT2D eigenvalue weighted by Gasteiger charge is -2.32. The van der Waals surface area contributed by atoms with Crippen LogP contribution in [0.3, 0.4) is 0 Å². The maximum Gasteiger partial charge on any atom is 0.243 e. The summed E-state index contributed by atoms with van der Waals surface area (Å²) < 4.78 is 0. The molecule has 3 N–H and O–H groups in total. The molecule has 7 heteroatoms. The molecule has 0 unspecified atom stereocenters. The number of allylic oxidation sites excluding steroid dienone is 1. The Morgan fingerprint density at radius 1 is 1.28 bits per heavy atom. The molecule has 1 fully saturated rings. The quantitative estimate of drug-likeness (QED) is 0.441. The van der Waals surface area contributed by atoms with Gasteiger partial charge in [0, 0.05) is 26.1 Å². The van der Waals surface area contributed by atoms with Crippen molar-refractivity contribution >= 4 is 17.7 Å². The summed E-state index contributed by atoms with van der Waals surface area (Å²) in [5.74, 6) is -2.11. The number of carbonyl (C=O) groups is 3. The number of hydrogen-bond acceptors (Lipinski definition) is 4. The van der Waals surface area contributed by atoms with E-state index in [1.807, 2.05) is 26.0 Å². The first-order chi connectivity index (χ1) is 12.0. The third-order valence-corrected chi connectivity index (χ3v) is 5.26. The molecule has 2 aliphatic rings. The molecule has 140 valence electrons. The number of nitrogens with one attached hydrogen (secondary N) is 2. The van der Waals surface area contributed by atoms with E-state index in [-0.39, 0.29) is 42.7 Å². The minimum atomic E-state index is -0.669. The minimum absolute atomic E-state index is 0.0805. The van der Waals surface area contributed by atoms with Crippen LogP contribution in [0.2, 0.25) is 0 Å². The second-order valence-corrected chi connectivity index (χ2v) is 6.83. The molecular formula is C18H29N3O4. The molecule has 1 saturated heterocycles. The molecule has 5 atom stereocenters. The minimum Gasteiger partial charge on any atom is -0.395 e. The number of aliphatic hydroxyl groups excluding tert-OH is 1. The van der Waals surface area contributed by atoms with Gasteiger partial charge in [-0.1, -0.05) is 32.4 Å². The Morgan fingerprint density at radius 2 is 2.00 bits per heavy atom. The van der Waals surface area contributed by atoms with Crippen LogP contribution in [0, 0.1) is 23.7 Å². The van der Waals surface area contributed by atoms with Crippen molar-refractivity contribution in [2.45, 2.75) is 32.7 Å². The van der Waals surface area contributed by atoms with Gasteiger partial charge in [-0.25, -0.2) is 0 Å². The number of hydrogen-bond donors (Lipinski definition) is 3. The molecular weight excluding hydrogens is 322 g/mol. The average Bonchev–Trinajstić information content (AvgIpc) is 2.87. The van der Waals surface area contributed by atoms with Crippen molar-refractivity contribution < 1.29 is 19.5 Å². The molecule has 0 saturated carbocycles. The van der Waals surface area contributed by atoms with Crippen molar-refractivity contribution in [3.05, 3.63) is 12.2 Å². The van der Waals surface area contributed by atoms with Crippen molar-refractivity contribution in [2.24, 2.45) is 23.7 Å². The maximum absolute atomic E-state index is 13.0. The number of rotatable bonds is 7. The van der Waals surface area contributed by atoms with Crippen LogP contribution in [0.1, 0.15) is 26.7 Å². The summed E-state index contributed by atoms with van der Waals surface area (Å²) in [5, 5.41) is 14.9. The molecule has 0 spiro atoms. The van der Waals surface area contributed by atoms with Gasteiger partial charge < -0.3 is 20.6 Å². The topological polar surface area (TPSA) is 98.7 Å². The predicted octanol–water partition coefficient (Wildman–Crippen LogP) is -0.0937. The first kappa shape index (κ1) is 19.4. The summed E-state index contributed by atoms with van der Waals surface area (Å²) in [4.78, 5) is 39.5. The molecule has 0 bridgehead atoms. The van der Waals surface area contributed by atoms with E-state index >= 15 is 0 Å². The standard InChI is InChI=1S/C18H29N3O4/c1-4-5-8-20-17(24)15-12-7-6-11(2)13(16(23)19-3)14(12)18(25)21(15)9-10-22/h6-7,11-15,22H,4-5,8-10H2,1-3H3,(H,19,23)(H,20,24)/t11-,12+,13-,14-,15+/m1/s1. The van der Waals surface area contributed by atoms with Gasteiger partial charge in [0.1, 0.15) is 6.04 Å². The molecule has 1 aliphatic carbocycles. The average molecular weight is 351 g/mol. The van der Waals surface area contributed by atoms with Crippen LogP contribution in [0.5, 0.6) is 0 Å². The fourth-order valence-corrected chi connectivity index (χ4v) is 4.00. The van der Waals surface area contributed by atoms with Gasteiger partial charge in [0.15, 0.2) is 0 Å². The van der Waals surface area contributed by atoms with Gasteiger partial charge in [-0.2, -0.15) is 0 Å². The summed E-state index contributed by atoms with van der Waals surface area (Å²) in [6, 6.07) is -0.669. The molecule has 2 rings (SSSR count). The van der Waals surface area contributed by atoms with Gasteiger partial charge in [-0.15, -0.1) is 0 Å². The van der Waals surface area contributed by atoms with E-state index in [9.17, 15) is 19.5 Å². The Bertz CT molecular complexity index is 548. The maximum atomic E-state index is 13.0. The van der Waals surface area contributed by atoms with E-state index in [2.05, 4.69) is 10.6 Å². The second-order valence-electron chi connectivity index (χ2n) is 6.83. The number of unbranched alkanes of at least 4 members (excludes halogenated alkanes) is 1. The van der Waals surface area contributed by atoms with Gasteiger partial charge in [-0.05, 0) is 12.3 Å². The highest BCUT2D eigenvalue weighted by molar-refractivity contribution is 5.96. The molecule has 3 amide bonds. The van der Waals surface area contributed by atoms with Crippen LogP contribution in [0.25, 0.3) is 0 Å². The van der Waals surface area contributed by atoms with E-state index in [1.54, 1.807) is 7.05 Å². The predicted molar refractivity (Wildman–Crippen MR) is 93.3 cm³/mol. The van der Waals surface area contributed by atoms with Gasteiger partial charge in [0.2, 0.25) is 17.7 Å². The summed E-state index contributed by atoms with van der Waals surface area (Å²) >= 11 is 0. The lowest BCUT2D eigenvalue weighted by Crippen LogP contribution is -2.48. The SMILES string of the molecule is CCCCNC(=O)[C@@H]1[C@H]2C=C[C@@H](C)[C@@H](C(=O)NC)[C@@H]2C(=O)N1CCO. The van der Waals surface area contributed by atoms with E-state index in [4.69, 9.17) is 0 Å². The summed E-state index contributed by atoms with van der Waals surface area (Å²) in [7, 11) is 1.56. The molecule has 0 aromatic rings. The molecule has 0 aromatic carbocycles. The molecule has 0 radical (unpaired) electrons. The lowest BCUT2D eigenvalue weighted by molar-refractivity contribution is -0.141. The van der Waals surface area contributed by atoms with E-state index in [1.165, 1.54) is 4.90 Å². The van der Waals surface area contributed by atoms with Gasteiger partial charge >= 0.3 is 0 Å². The van der Waals surface area contributed by atoms with Crippen molar-refractivity contribution in [3.63, 3.8) is 0 Å². The number of likely N-dealkylation sites (tertiary alicyclic amines) is 1. The third kappa shape index (κ3) is 3.71. The summed E-state index contributed by atoms with van der Waals surface area (Å²) in [6.07, 6.45) is 5.65. The van der Waals surface area contributed by atoms with Crippen molar-refractivity contribution in [3.8, 4) is 0 Å². The fourth-order valence-electron chi connectivity index (χ4n) is 4.00. The largest absolute Gasteiger partial charge is 0.395 e. The van der Waals surface area contributed by atoms with Gasteiger partial charge in [0.25, 0.3) is 0 Å². The number of nitrogens with zero attached hydrogens (tertiary/aromatic N) is 1. The first-order valence-corrected chi connectivity index (χ1v) is 9.06. The Labute approximate surface area is 148 Å². The Balaban J connectivity index is 2.32. The van der Waals surface area contributed by atoms with Crippen molar-refractivity contribution in [1.82, 2.24) is 15.5 Å². The Hall–Kier alpha value is -1.89. The highest BCUT2D eigenvalue weighted by Gasteiger charge is 2.56. The van der Waals surface area contributed by atoms with E-state index in [0.717, 1.165) is 12.8 Å². The van der Waals surface area contributed by atoms with Crippen LogP contribution in [-0.4, -0.2) is 60.5 Å². The number of β-amino-alcohol motifs (C(OH)–C–C–N with tert-alkyl or cyclic N) is 1. The molecule has 25 heavy (non-hydrogen) atoms. The Morgan fingerprint density at radius 3 is 2.60 bits per heavy atom. The zero-order chi connectivity index (χ0) is 18.6. The second kappa shape index (κ2) is 8.47. The van der Waals surface area contributed by atoms with Crippen LogP contribution in [0.4, 0.5) is 0 Å². The highest BCUT2D eigenvalue weighted by Crippen LogP contribution is 2.43. The molecule has 1 heterocycles. The normalized spacial score (nSPS) is 31.0. The van der Waals surface area contributed by atoms with Crippen molar-refractivity contribution in [2.75, 3.05) is 26.7 Å².